The first-order chi connectivity index (χ1) is 8.08. The van der Waals surface area contributed by atoms with Crippen molar-refractivity contribution in [3.8, 4) is 11.6 Å². The number of halogens is 4. The van der Waals surface area contributed by atoms with E-state index in [1.54, 1.807) is 0 Å². The quantitative estimate of drug-likeness (QED) is 0.598. The third-order valence-corrected chi connectivity index (χ3v) is 4.16. The number of nitrogens with zero attached hydrogens (tertiary/aromatic N) is 2. The van der Waals surface area contributed by atoms with Gasteiger partial charge in [0.25, 0.3) is 0 Å². The predicted octanol–water partition coefficient (Wildman–Crippen LogP) is 5.21. The van der Waals surface area contributed by atoms with Crippen LogP contribution < -0.4 is 4.74 Å². The van der Waals surface area contributed by atoms with Crippen molar-refractivity contribution in [3.05, 3.63) is 43.1 Å². The van der Waals surface area contributed by atoms with E-state index in [0.717, 1.165) is 8.95 Å². The van der Waals surface area contributed by atoms with Crippen molar-refractivity contribution in [1.29, 1.82) is 0 Å². The Morgan fingerprint density at radius 2 is 1.88 bits per heavy atom. The van der Waals surface area contributed by atoms with Gasteiger partial charge in [-0.25, -0.2) is 9.97 Å². The number of aromatic nitrogens is 2. The maximum Gasteiger partial charge on any atom is 0.238 e. The summed E-state index contributed by atoms with van der Waals surface area (Å²) in [7, 11) is 0. The fourth-order valence-corrected chi connectivity index (χ4v) is 2.61. The SMILES string of the molecule is Clc1ncnc(Oc2ccc(Br)cc2Br)c1Br. The normalized spacial score (nSPS) is 10.4. The van der Waals surface area contributed by atoms with Gasteiger partial charge in [-0.05, 0) is 50.1 Å². The monoisotopic (exact) mass is 440 g/mol. The van der Waals surface area contributed by atoms with Gasteiger partial charge in [0.15, 0.2) is 5.15 Å². The second kappa shape index (κ2) is 5.65. The van der Waals surface area contributed by atoms with Crippen LogP contribution in [0.5, 0.6) is 11.6 Å². The Labute approximate surface area is 128 Å². The Kier molecular flexibility index (Phi) is 4.41. The molecule has 0 N–H and O–H groups in total. The molecule has 1 aromatic carbocycles. The summed E-state index contributed by atoms with van der Waals surface area (Å²) in [5, 5.41) is 0.309. The van der Waals surface area contributed by atoms with Crippen LogP contribution in [0.3, 0.4) is 0 Å². The van der Waals surface area contributed by atoms with Gasteiger partial charge >= 0.3 is 0 Å². The van der Waals surface area contributed by atoms with Crippen LogP contribution >= 0.6 is 59.4 Å². The second-order valence-corrected chi connectivity index (χ2v) is 5.88. The van der Waals surface area contributed by atoms with Gasteiger partial charge < -0.3 is 4.74 Å². The number of benzene rings is 1. The lowest BCUT2D eigenvalue weighted by molar-refractivity contribution is 0.455. The van der Waals surface area contributed by atoms with Gasteiger partial charge in [-0.15, -0.1) is 0 Å². The highest BCUT2D eigenvalue weighted by atomic mass is 79.9. The molecule has 1 heterocycles. The Balaban J connectivity index is 2.35. The molecular weight excluding hydrogens is 439 g/mol. The number of hydrogen-bond acceptors (Lipinski definition) is 3. The van der Waals surface area contributed by atoms with Crippen LogP contribution in [0.2, 0.25) is 5.15 Å². The molecule has 17 heavy (non-hydrogen) atoms. The number of ether oxygens (including phenoxy) is 1. The van der Waals surface area contributed by atoms with Crippen molar-refractivity contribution in [1.82, 2.24) is 9.97 Å². The van der Waals surface area contributed by atoms with E-state index in [0.29, 0.717) is 21.3 Å². The lowest BCUT2D eigenvalue weighted by atomic mass is 10.3. The zero-order chi connectivity index (χ0) is 12.4. The molecule has 0 fully saturated rings. The van der Waals surface area contributed by atoms with Gasteiger partial charge in [0.1, 0.15) is 16.5 Å². The first kappa shape index (κ1) is 13.3. The summed E-state index contributed by atoms with van der Waals surface area (Å²) in [5.74, 6) is 1.01. The van der Waals surface area contributed by atoms with E-state index >= 15 is 0 Å². The molecule has 0 unspecified atom stereocenters. The van der Waals surface area contributed by atoms with E-state index in [1.807, 2.05) is 18.2 Å². The molecule has 7 heteroatoms. The third-order valence-electron chi connectivity index (χ3n) is 1.82. The van der Waals surface area contributed by atoms with Gasteiger partial charge in [-0.1, -0.05) is 27.5 Å². The molecule has 0 bridgehead atoms. The Morgan fingerprint density at radius 1 is 1.12 bits per heavy atom. The summed E-state index contributed by atoms with van der Waals surface area (Å²) < 4.78 is 7.92. The van der Waals surface area contributed by atoms with Crippen LogP contribution in [0.25, 0.3) is 0 Å². The summed E-state index contributed by atoms with van der Waals surface area (Å²) >= 11 is 15.9. The average Bonchev–Trinajstić information content (AvgIpc) is 2.28. The molecule has 88 valence electrons. The highest BCUT2D eigenvalue weighted by molar-refractivity contribution is 9.11. The highest BCUT2D eigenvalue weighted by Gasteiger charge is 2.10. The van der Waals surface area contributed by atoms with Crippen molar-refractivity contribution in [2.45, 2.75) is 0 Å². The fourth-order valence-electron chi connectivity index (χ4n) is 1.07. The Bertz CT molecular complexity index is 565. The molecule has 2 aromatic rings. The van der Waals surface area contributed by atoms with Crippen LogP contribution in [-0.2, 0) is 0 Å². The molecular formula is C10H4Br3ClN2O. The van der Waals surface area contributed by atoms with Crippen LogP contribution in [0.15, 0.2) is 37.9 Å². The van der Waals surface area contributed by atoms with E-state index in [1.165, 1.54) is 6.33 Å². The van der Waals surface area contributed by atoms with E-state index in [4.69, 9.17) is 16.3 Å². The Morgan fingerprint density at radius 3 is 2.59 bits per heavy atom. The van der Waals surface area contributed by atoms with Crippen molar-refractivity contribution in [2.75, 3.05) is 0 Å². The van der Waals surface area contributed by atoms with Gasteiger partial charge in [-0.2, -0.15) is 0 Å². The number of rotatable bonds is 2. The van der Waals surface area contributed by atoms with Crippen LogP contribution in [0.1, 0.15) is 0 Å². The molecule has 0 aliphatic rings. The minimum atomic E-state index is 0.309. The van der Waals surface area contributed by atoms with Crippen molar-refractivity contribution >= 4 is 59.4 Å². The molecule has 3 nitrogen and oxygen atoms in total. The van der Waals surface area contributed by atoms with Crippen LogP contribution in [0.4, 0.5) is 0 Å². The first-order valence-corrected chi connectivity index (χ1v) is 7.12. The maximum absolute atomic E-state index is 5.85. The topological polar surface area (TPSA) is 35.0 Å². The molecule has 0 aliphatic carbocycles. The summed E-state index contributed by atoms with van der Waals surface area (Å²) in [6, 6.07) is 5.57. The Hall–Kier alpha value is -0.170. The number of hydrogen-bond donors (Lipinski definition) is 0. The van der Waals surface area contributed by atoms with Crippen molar-refractivity contribution < 1.29 is 4.74 Å². The molecule has 0 radical (unpaired) electrons. The molecule has 1 aromatic heterocycles. The lowest BCUT2D eigenvalue weighted by Crippen LogP contribution is -1.92. The molecule has 0 atom stereocenters. The molecule has 0 spiro atoms. The zero-order valence-electron chi connectivity index (χ0n) is 8.12. The molecule has 0 aliphatic heterocycles. The third kappa shape index (κ3) is 3.19. The first-order valence-electron chi connectivity index (χ1n) is 4.37. The predicted molar refractivity (Wildman–Crippen MR) is 76.7 cm³/mol. The standard InChI is InChI=1S/C10H4Br3ClN2O/c11-5-1-2-7(6(12)3-5)17-10-8(13)9(14)15-4-16-10/h1-4H. The minimum Gasteiger partial charge on any atom is -0.437 e. The summed E-state index contributed by atoms with van der Waals surface area (Å²) in [6.07, 6.45) is 1.34. The summed E-state index contributed by atoms with van der Waals surface area (Å²) in [5.41, 5.74) is 0. The zero-order valence-corrected chi connectivity index (χ0v) is 13.6. The van der Waals surface area contributed by atoms with E-state index in [9.17, 15) is 0 Å². The van der Waals surface area contributed by atoms with Crippen LogP contribution in [-0.4, -0.2) is 9.97 Å². The van der Waals surface area contributed by atoms with Gasteiger partial charge in [0.05, 0.1) is 4.47 Å². The van der Waals surface area contributed by atoms with Crippen LogP contribution in [0, 0.1) is 0 Å². The average molecular weight is 443 g/mol. The summed E-state index contributed by atoms with van der Waals surface area (Å²) in [6.45, 7) is 0. The van der Waals surface area contributed by atoms with Gasteiger partial charge in [0, 0.05) is 4.47 Å². The lowest BCUT2D eigenvalue weighted by Gasteiger charge is -2.08. The minimum absolute atomic E-state index is 0.309. The highest BCUT2D eigenvalue weighted by Crippen LogP contribution is 2.35. The van der Waals surface area contributed by atoms with Crippen molar-refractivity contribution in [2.24, 2.45) is 0 Å². The van der Waals surface area contributed by atoms with E-state index in [-0.39, 0.29) is 0 Å². The smallest absolute Gasteiger partial charge is 0.238 e. The maximum atomic E-state index is 5.85. The second-order valence-electron chi connectivity index (χ2n) is 2.96. The molecule has 0 amide bonds. The molecule has 2 rings (SSSR count). The van der Waals surface area contributed by atoms with E-state index < -0.39 is 0 Å². The molecule has 0 saturated heterocycles. The summed E-state index contributed by atoms with van der Waals surface area (Å²) in [4.78, 5) is 7.83. The van der Waals surface area contributed by atoms with E-state index in [2.05, 4.69) is 57.8 Å². The van der Waals surface area contributed by atoms with Gasteiger partial charge in [-0.3, -0.25) is 0 Å². The van der Waals surface area contributed by atoms with Gasteiger partial charge in [0.2, 0.25) is 5.88 Å². The van der Waals surface area contributed by atoms with Crippen molar-refractivity contribution in [3.63, 3.8) is 0 Å². The fraction of sp³-hybridized carbons (Fsp3) is 0. The molecule has 0 saturated carbocycles. The largest absolute Gasteiger partial charge is 0.437 e.